The van der Waals surface area contributed by atoms with Gasteiger partial charge in [0.25, 0.3) is 0 Å². The minimum Gasteiger partial charge on any atom is -0.490 e. The van der Waals surface area contributed by atoms with Gasteiger partial charge < -0.3 is 9.47 Å². The van der Waals surface area contributed by atoms with Crippen molar-refractivity contribution in [2.75, 3.05) is 19.8 Å². The van der Waals surface area contributed by atoms with E-state index < -0.39 is 10.0 Å². The lowest BCUT2D eigenvalue weighted by Crippen LogP contribution is -2.16. The second-order valence-corrected chi connectivity index (χ2v) is 6.90. The molecule has 0 fully saturated rings. The van der Waals surface area contributed by atoms with Crippen LogP contribution in [0.5, 0.6) is 5.75 Å². The van der Waals surface area contributed by atoms with Gasteiger partial charge in [0.2, 0.25) is 10.0 Å². The summed E-state index contributed by atoms with van der Waals surface area (Å²) < 4.78 is 34.2. The molecule has 0 unspecified atom stereocenters. The van der Waals surface area contributed by atoms with E-state index in [0.717, 1.165) is 0 Å². The van der Waals surface area contributed by atoms with E-state index in [4.69, 9.17) is 14.6 Å². The molecule has 0 aliphatic carbocycles. The smallest absolute Gasteiger partial charge is 0.241 e. The van der Waals surface area contributed by atoms with Crippen molar-refractivity contribution in [3.8, 4) is 5.75 Å². The van der Waals surface area contributed by atoms with Crippen LogP contribution in [0.25, 0.3) is 0 Å². The minimum absolute atomic E-state index is 0.0364. The van der Waals surface area contributed by atoms with E-state index in [1.807, 2.05) is 0 Å². The Hall–Kier alpha value is -0.630. The van der Waals surface area contributed by atoms with Gasteiger partial charge in [0.1, 0.15) is 17.3 Å². The van der Waals surface area contributed by atoms with Crippen molar-refractivity contribution in [3.63, 3.8) is 0 Å². The van der Waals surface area contributed by atoms with Crippen LogP contribution in [0.1, 0.15) is 13.8 Å². The van der Waals surface area contributed by atoms with Crippen molar-refractivity contribution in [2.24, 2.45) is 11.1 Å². The number of rotatable bonds is 7. The van der Waals surface area contributed by atoms with Gasteiger partial charge in [-0.15, -0.1) is 0 Å². The molecule has 0 saturated carbocycles. The first-order chi connectivity index (χ1) is 8.80. The number of hydrogen-bond acceptors (Lipinski definition) is 4. The Bertz CT molecular complexity index is 516. The highest BCUT2D eigenvalue weighted by atomic mass is 79.9. The third-order valence-electron chi connectivity index (χ3n) is 2.15. The summed E-state index contributed by atoms with van der Waals surface area (Å²) in [6.07, 6.45) is 0. The molecule has 0 atom stereocenters. The van der Waals surface area contributed by atoms with Crippen LogP contribution >= 0.6 is 15.9 Å². The number of benzene rings is 1. The van der Waals surface area contributed by atoms with Gasteiger partial charge in [0, 0.05) is 11.1 Å². The molecule has 0 amide bonds. The second-order valence-electron chi connectivity index (χ2n) is 4.45. The second kappa shape index (κ2) is 7.23. The van der Waals surface area contributed by atoms with Crippen molar-refractivity contribution in [2.45, 2.75) is 18.7 Å². The zero-order chi connectivity index (χ0) is 14.5. The first-order valence-electron chi connectivity index (χ1n) is 5.83. The van der Waals surface area contributed by atoms with Crippen molar-refractivity contribution >= 4 is 26.0 Å². The van der Waals surface area contributed by atoms with Crippen LogP contribution in [0, 0.1) is 5.92 Å². The third kappa shape index (κ3) is 5.90. The van der Waals surface area contributed by atoms with E-state index >= 15 is 0 Å². The first kappa shape index (κ1) is 16.4. The lowest BCUT2D eigenvalue weighted by atomic mass is 10.2. The molecule has 1 rings (SSSR count). The van der Waals surface area contributed by atoms with Crippen LogP contribution in [0.4, 0.5) is 0 Å². The molecule has 0 bridgehead atoms. The van der Waals surface area contributed by atoms with Crippen LogP contribution in [0.15, 0.2) is 27.6 Å². The third-order valence-corrected chi connectivity index (χ3v) is 3.57. The highest BCUT2D eigenvalue weighted by molar-refractivity contribution is 9.10. The maximum Gasteiger partial charge on any atom is 0.241 e. The quantitative estimate of drug-likeness (QED) is 0.763. The first-order valence-corrected chi connectivity index (χ1v) is 8.17. The summed E-state index contributed by atoms with van der Waals surface area (Å²) >= 11 is 3.20. The molecule has 0 heterocycles. The van der Waals surface area contributed by atoms with E-state index in [2.05, 4.69) is 29.8 Å². The molecular formula is C12H18BrNO4S. The van der Waals surface area contributed by atoms with Crippen LogP contribution in [-0.4, -0.2) is 28.2 Å². The number of primary sulfonamides is 1. The average molecular weight is 352 g/mol. The fraction of sp³-hybridized carbons (Fsp3) is 0.500. The molecule has 0 aliphatic heterocycles. The summed E-state index contributed by atoms with van der Waals surface area (Å²) in [5, 5.41) is 5.14. The zero-order valence-corrected chi connectivity index (χ0v) is 13.3. The highest BCUT2D eigenvalue weighted by Gasteiger charge is 2.15. The van der Waals surface area contributed by atoms with Crippen LogP contribution in [0.2, 0.25) is 0 Å². The normalized spacial score (nSPS) is 11.8. The van der Waals surface area contributed by atoms with Crippen LogP contribution in [-0.2, 0) is 14.8 Å². The molecule has 0 aliphatic rings. The Labute approximate surface area is 122 Å². The molecule has 0 radical (unpaired) electrons. The fourth-order valence-corrected chi connectivity index (χ4v) is 2.56. The molecule has 0 spiro atoms. The number of ether oxygens (including phenoxy) is 2. The zero-order valence-electron chi connectivity index (χ0n) is 10.9. The Morgan fingerprint density at radius 3 is 2.58 bits per heavy atom. The Kier molecular flexibility index (Phi) is 6.25. The van der Waals surface area contributed by atoms with E-state index in [9.17, 15) is 8.42 Å². The van der Waals surface area contributed by atoms with Crippen molar-refractivity contribution < 1.29 is 17.9 Å². The Morgan fingerprint density at radius 2 is 2.00 bits per heavy atom. The van der Waals surface area contributed by atoms with E-state index in [-0.39, 0.29) is 17.3 Å². The van der Waals surface area contributed by atoms with Gasteiger partial charge in [-0.3, -0.25) is 0 Å². The SMILES string of the molecule is CC(C)COCCOc1ccc(Br)cc1S(N)(=O)=O. The number of nitrogens with two attached hydrogens (primary N) is 1. The van der Waals surface area contributed by atoms with Crippen molar-refractivity contribution in [1.29, 1.82) is 0 Å². The number of hydrogen-bond donors (Lipinski definition) is 1. The monoisotopic (exact) mass is 351 g/mol. The summed E-state index contributed by atoms with van der Waals surface area (Å²) in [6.45, 7) is 5.42. The summed E-state index contributed by atoms with van der Waals surface area (Å²) in [5.74, 6) is 0.687. The van der Waals surface area contributed by atoms with Crippen molar-refractivity contribution in [1.82, 2.24) is 0 Å². The predicted molar refractivity (Wildman–Crippen MR) is 76.7 cm³/mol. The molecule has 19 heavy (non-hydrogen) atoms. The standard InChI is InChI=1S/C12H18BrNO4S/c1-9(2)8-17-5-6-18-11-4-3-10(13)7-12(11)19(14,15)16/h3-4,7,9H,5-6,8H2,1-2H3,(H2,14,15,16). The van der Waals surface area contributed by atoms with Gasteiger partial charge in [-0.1, -0.05) is 29.8 Å². The van der Waals surface area contributed by atoms with E-state index in [1.54, 1.807) is 12.1 Å². The lowest BCUT2D eigenvalue weighted by Gasteiger charge is -2.11. The minimum atomic E-state index is -3.81. The van der Waals surface area contributed by atoms with Gasteiger partial charge in [0.15, 0.2) is 0 Å². The van der Waals surface area contributed by atoms with Gasteiger partial charge in [-0.25, -0.2) is 13.6 Å². The molecule has 1 aromatic rings. The van der Waals surface area contributed by atoms with Crippen LogP contribution < -0.4 is 9.88 Å². The molecule has 1 aromatic carbocycles. The molecule has 108 valence electrons. The predicted octanol–water partition coefficient (Wildman–Crippen LogP) is 2.15. The largest absolute Gasteiger partial charge is 0.490 e. The molecular weight excluding hydrogens is 334 g/mol. The fourth-order valence-electron chi connectivity index (χ4n) is 1.35. The molecule has 0 saturated heterocycles. The van der Waals surface area contributed by atoms with Gasteiger partial charge >= 0.3 is 0 Å². The average Bonchev–Trinajstić information content (AvgIpc) is 2.28. The van der Waals surface area contributed by atoms with E-state index in [0.29, 0.717) is 23.6 Å². The summed E-state index contributed by atoms with van der Waals surface area (Å²) in [5.41, 5.74) is 0. The molecule has 5 nitrogen and oxygen atoms in total. The van der Waals surface area contributed by atoms with Crippen LogP contribution in [0.3, 0.4) is 0 Å². The molecule has 7 heteroatoms. The molecule has 2 N–H and O–H groups in total. The number of sulfonamides is 1. The summed E-state index contributed by atoms with van der Waals surface area (Å²) in [4.78, 5) is -0.0364. The summed E-state index contributed by atoms with van der Waals surface area (Å²) in [7, 11) is -3.81. The maximum absolute atomic E-state index is 11.4. The number of halogens is 1. The highest BCUT2D eigenvalue weighted by Crippen LogP contribution is 2.26. The van der Waals surface area contributed by atoms with Gasteiger partial charge in [0.05, 0.1) is 6.61 Å². The Morgan fingerprint density at radius 1 is 1.32 bits per heavy atom. The topological polar surface area (TPSA) is 78.6 Å². The van der Waals surface area contributed by atoms with E-state index in [1.165, 1.54) is 6.07 Å². The van der Waals surface area contributed by atoms with Crippen molar-refractivity contribution in [3.05, 3.63) is 22.7 Å². The van der Waals surface area contributed by atoms with Gasteiger partial charge in [-0.2, -0.15) is 0 Å². The lowest BCUT2D eigenvalue weighted by molar-refractivity contribution is 0.0811. The maximum atomic E-state index is 11.4. The molecule has 0 aromatic heterocycles. The Balaban J connectivity index is 2.64. The van der Waals surface area contributed by atoms with Gasteiger partial charge in [-0.05, 0) is 24.1 Å². The summed E-state index contributed by atoms with van der Waals surface area (Å²) in [6, 6.07) is 4.67.